The van der Waals surface area contributed by atoms with Crippen LogP contribution in [0, 0.1) is 18.8 Å². The van der Waals surface area contributed by atoms with Crippen LogP contribution in [-0.4, -0.2) is 19.9 Å². The second kappa shape index (κ2) is 15.4. The molecule has 5 heterocycles. The Morgan fingerprint density at radius 2 is 1.17 bits per heavy atom. The molecule has 3 atom stereocenters. The van der Waals surface area contributed by atoms with E-state index in [0.717, 1.165) is 59.4 Å². The third-order valence-electron chi connectivity index (χ3n) is 12.0. The highest BCUT2D eigenvalue weighted by atomic mass is 14.8. The lowest BCUT2D eigenvalue weighted by atomic mass is 9.75. The zero-order valence-corrected chi connectivity index (χ0v) is 30.9. The van der Waals surface area contributed by atoms with E-state index >= 15 is 0 Å². The van der Waals surface area contributed by atoms with Crippen molar-refractivity contribution in [2.45, 2.75) is 143 Å². The number of aryl methyl sites for hydroxylation is 1. The monoisotopic (exact) mass is 644 g/mol. The number of aromatic nitrogens is 4. The minimum Gasteiger partial charge on any atom is -0.355 e. The molecule has 4 nitrogen and oxygen atoms in total. The van der Waals surface area contributed by atoms with Crippen molar-refractivity contribution in [2.75, 3.05) is 0 Å². The van der Waals surface area contributed by atoms with Crippen molar-refractivity contribution >= 4 is 46.4 Å². The SMILES string of the molecule is CCCC(C)c1c2nc(c(C(C)CC)c3ccc([nH]3)c(C3CCCC(C(CC)CCC)CCC3)c3nc(c(C)c4ccc1[nH]4)C=C3)C=C2. The van der Waals surface area contributed by atoms with Crippen molar-refractivity contribution in [3.8, 4) is 0 Å². The van der Waals surface area contributed by atoms with Gasteiger partial charge >= 0.3 is 0 Å². The van der Waals surface area contributed by atoms with Crippen LogP contribution in [0.1, 0.15) is 181 Å². The lowest BCUT2D eigenvalue weighted by Crippen LogP contribution is -2.17. The Bertz CT molecular complexity index is 1790. The number of nitrogens with zero attached hydrogens (tertiary/aromatic N) is 2. The first kappa shape index (κ1) is 34.5. The molecule has 1 saturated carbocycles. The molecule has 8 bridgehead atoms. The number of aromatic amines is 2. The molecule has 2 aliphatic heterocycles. The number of H-pyrrole nitrogens is 2. The predicted molar refractivity (Wildman–Crippen MR) is 208 cm³/mol. The summed E-state index contributed by atoms with van der Waals surface area (Å²) in [7, 11) is 0. The minimum absolute atomic E-state index is 0.379. The third-order valence-corrected chi connectivity index (χ3v) is 12.0. The van der Waals surface area contributed by atoms with Crippen molar-refractivity contribution in [3.05, 3.63) is 69.3 Å². The van der Waals surface area contributed by atoms with E-state index in [0.29, 0.717) is 17.8 Å². The Balaban J connectivity index is 1.57. The summed E-state index contributed by atoms with van der Waals surface area (Å²) in [6.07, 6.45) is 24.2. The smallest absolute Gasteiger partial charge is 0.0693 e. The van der Waals surface area contributed by atoms with Gasteiger partial charge in [-0.2, -0.15) is 0 Å². The second-order valence-corrected chi connectivity index (χ2v) is 15.1. The third kappa shape index (κ3) is 7.00. The van der Waals surface area contributed by atoms with E-state index < -0.39 is 0 Å². The molecule has 1 fully saturated rings. The normalized spacial score (nSPS) is 20.0. The van der Waals surface area contributed by atoms with Gasteiger partial charge in [0.05, 0.1) is 22.8 Å². The lowest BCUT2D eigenvalue weighted by Gasteiger charge is -2.30. The predicted octanol–water partition coefficient (Wildman–Crippen LogP) is 13.3. The molecule has 0 radical (unpaired) electrons. The quantitative estimate of drug-likeness (QED) is 0.159. The van der Waals surface area contributed by atoms with Crippen LogP contribution in [0.25, 0.3) is 46.4 Å². The standard InChI is InChI=1S/C44H60N4/c1-8-14-29(6)43-38-22-20-34(45-38)30(7)35-21-23-40(46-35)44(33-18-12-16-32(17-13-19-33)31(11-4)15-9-2)41-27-26-37(48-41)42(28(5)10-3)36-24-25-39(43)47-36/h20-29,31-33,45,48H,8-19H2,1-7H3. The van der Waals surface area contributed by atoms with Gasteiger partial charge in [-0.05, 0) is 116 Å². The maximum absolute atomic E-state index is 5.41. The Hall–Kier alpha value is -3.40. The van der Waals surface area contributed by atoms with Gasteiger partial charge in [0.2, 0.25) is 0 Å². The first-order valence-electron chi connectivity index (χ1n) is 19.5. The van der Waals surface area contributed by atoms with Crippen molar-refractivity contribution in [1.82, 2.24) is 19.9 Å². The average molecular weight is 645 g/mol. The van der Waals surface area contributed by atoms with Crippen LogP contribution in [0.4, 0.5) is 0 Å². The Kier molecular flexibility index (Phi) is 11.1. The molecular formula is C44H60N4. The first-order valence-corrected chi connectivity index (χ1v) is 19.5. The largest absolute Gasteiger partial charge is 0.355 e. The first-order chi connectivity index (χ1) is 23.4. The fraction of sp³-hybridized carbons (Fsp3) is 0.545. The van der Waals surface area contributed by atoms with Gasteiger partial charge in [0.25, 0.3) is 0 Å². The molecule has 0 amide bonds. The van der Waals surface area contributed by atoms with Gasteiger partial charge in [0.15, 0.2) is 0 Å². The lowest BCUT2D eigenvalue weighted by molar-refractivity contribution is 0.238. The number of fused-ring (bicyclic) bond motifs is 8. The topological polar surface area (TPSA) is 57.4 Å². The van der Waals surface area contributed by atoms with Crippen LogP contribution < -0.4 is 0 Å². The molecule has 0 spiro atoms. The summed E-state index contributed by atoms with van der Waals surface area (Å²) in [5.74, 6) is 3.05. The summed E-state index contributed by atoms with van der Waals surface area (Å²) in [6, 6.07) is 9.16. The van der Waals surface area contributed by atoms with E-state index in [4.69, 9.17) is 9.97 Å². The van der Waals surface area contributed by atoms with Crippen LogP contribution in [0.2, 0.25) is 0 Å². The highest BCUT2D eigenvalue weighted by molar-refractivity contribution is 5.84. The van der Waals surface area contributed by atoms with Gasteiger partial charge in [-0.1, -0.05) is 92.9 Å². The molecule has 3 unspecified atom stereocenters. The van der Waals surface area contributed by atoms with E-state index in [9.17, 15) is 0 Å². The van der Waals surface area contributed by atoms with E-state index in [2.05, 4.69) is 107 Å². The van der Waals surface area contributed by atoms with E-state index in [1.165, 1.54) is 96.6 Å². The Morgan fingerprint density at radius 1 is 0.625 bits per heavy atom. The Morgan fingerprint density at radius 3 is 1.79 bits per heavy atom. The van der Waals surface area contributed by atoms with Crippen molar-refractivity contribution in [1.29, 1.82) is 0 Å². The van der Waals surface area contributed by atoms with Crippen molar-refractivity contribution in [3.63, 3.8) is 0 Å². The molecular weight excluding hydrogens is 585 g/mol. The molecule has 1 aliphatic carbocycles. The van der Waals surface area contributed by atoms with Crippen LogP contribution in [-0.2, 0) is 0 Å². The van der Waals surface area contributed by atoms with Gasteiger partial charge in [-0.25, -0.2) is 9.97 Å². The highest BCUT2D eigenvalue weighted by Crippen LogP contribution is 2.41. The van der Waals surface area contributed by atoms with E-state index in [-0.39, 0.29) is 0 Å². The summed E-state index contributed by atoms with van der Waals surface area (Å²) in [4.78, 5) is 18.6. The summed E-state index contributed by atoms with van der Waals surface area (Å²) < 4.78 is 0. The zero-order chi connectivity index (χ0) is 33.8. The molecule has 4 heteroatoms. The van der Waals surface area contributed by atoms with Gasteiger partial charge in [0.1, 0.15) is 0 Å². The van der Waals surface area contributed by atoms with Crippen LogP contribution in [0.3, 0.4) is 0 Å². The molecule has 3 aromatic heterocycles. The molecule has 0 saturated heterocycles. The maximum Gasteiger partial charge on any atom is 0.0693 e. The van der Waals surface area contributed by atoms with Crippen LogP contribution >= 0.6 is 0 Å². The van der Waals surface area contributed by atoms with Crippen molar-refractivity contribution in [2.24, 2.45) is 11.8 Å². The van der Waals surface area contributed by atoms with Gasteiger partial charge in [0, 0.05) is 38.8 Å². The van der Waals surface area contributed by atoms with Crippen LogP contribution in [0.15, 0.2) is 24.3 Å². The summed E-state index contributed by atoms with van der Waals surface area (Å²) in [6.45, 7) is 16.3. The Labute approximate surface area is 290 Å². The molecule has 256 valence electrons. The fourth-order valence-electron chi connectivity index (χ4n) is 9.11. The van der Waals surface area contributed by atoms with Gasteiger partial charge in [-0.3, -0.25) is 0 Å². The molecule has 0 aromatic carbocycles. The van der Waals surface area contributed by atoms with Gasteiger partial charge in [-0.15, -0.1) is 0 Å². The fourth-order valence-corrected chi connectivity index (χ4v) is 9.11. The second-order valence-electron chi connectivity index (χ2n) is 15.1. The molecule has 2 N–H and O–H groups in total. The molecule has 3 aromatic rings. The average Bonchev–Trinajstić information content (AvgIpc) is 3.90. The zero-order valence-electron chi connectivity index (χ0n) is 30.9. The maximum atomic E-state index is 5.41. The number of hydrogen-bond acceptors (Lipinski definition) is 2. The molecule has 48 heavy (non-hydrogen) atoms. The highest BCUT2D eigenvalue weighted by Gasteiger charge is 2.26. The molecule has 6 rings (SSSR count). The van der Waals surface area contributed by atoms with E-state index in [1.54, 1.807) is 0 Å². The molecule has 3 aliphatic rings. The van der Waals surface area contributed by atoms with E-state index in [1.807, 2.05) is 0 Å². The van der Waals surface area contributed by atoms with Gasteiger partial charge < -0.3 is 9.97 Å². The van der Waals surface area contributed by atoms with Crippen LogP contribution in [0.5, 0.6) is 0 Å². The minimum atomic E-state index is 0.379. The summed E-state index contributed by atoms with van der Waals surface area (Å²) >= 11 is 0. The number of hydrogen-bond donors (Lipinski definition) is 2. The summed E-state index contributed by atoms with van der Waals surface area (Å²) in [5, 5.41) is 0. The summed E-state index contributed by atoms with van der Waals surface area (Å²) in [5.41, 5.74) is 14.4. The van der Waals surface area contributed by atoms with Crippen molar-refractivity contribution < 1.29 is 0 Å². The number of rotatable bonds is 10. The number of nitrogens with one attached hydrogen (secondary N) is 2.